The van der Waals surface area contributed by atoms with Crippen molar-refractivity contribution in [3.05, 3.63) is 36.0 Å². The van der Waals surface area contributed by atoms with Gasteiger partial charge in [-0.3, -0.25) is 4.79 Å². The van der Waals surface area contributed by atoms with E-state index in [0.29, 0.717) is 23.2 Å². The van der Waals surface area contributed by atoms with E-state index < -0.39 is 0 Å². The van der Waals surface area contributed by atoms with Crippen LogP contribution in [0.5, 0.6) is 11.5 Å². The molecule has 3 aliphatic heterocycles. The Hall–Kier alpha value is -2.29. The Morgan fingerprint density at radius 3 is 2.77 bits per heavy atom. The maximum absolute atomic E-state index is 12.7. The molecule has 0 saturated carbocycles. The van der Waals surface area contributed by atoms with Gasteiger partial charge in [-0.15, -0.1) is 12.4 Å². The molecule has 1 atom stereocenters. The highest BCUT2D eigenvalue weighted by molar-refractivity contribution is 6.04. The Kier molecular flexibility index (Phi) is 6.46. The maximum Gasteiger partial charge on any atom is 0.256 e. The molecule has 162 valence electrons. The molecule has 0 radical (unpaired) electrons. The SMILES string of the molecule is Cl.O=C(Nc1ccnn1C1CCN(CC2CCCO2)CC1)c1ccc2c(c1)OCO2. The zero-order valence-electron chi connectivity index (χ0n) is 16.8. The molecular weight excluding hydrogens is 408 g/mol. The third-order valence-electron chi connectivity index (χ3n) is 5.94. The van der Waals surface area contributed by atoms with Crippen molar-refractivity contribution in [2.24, 2.45) is 0 Å². The minimum atomic E-state index is -0.180. The van der Waals surface area contributed by atoms with Gasteiger partial charge in [0.05, 0.1) is 18.3 Å². The molecule has 8 nitrogen and oxygen atoms in total. The van der Waals surface area contributed by atoms with Gasteiger partial charge in [0.1, 0.15) is 5.82 Å². The largest absolute Gasteiger partial charge is 0.454 e. The normalized spacial score (nSPS) is 21.4. The van der Waals surface area contributed by atoms with Crippen LogP contribution >= 0.6 is 12.4 Å². The van der Waals surface area contributed by atoms with Crippen LogP contribution in [0.25, 0.3) is 0 Å². The number of fused-ring (bicyclic) bond motifs is 1. The summed E-state index contributed by atoms with van der Waals surface area (Å²) >= 11 is 0. The standard InChI is InChI=1S/C21H26N4O4.ClH/c26-21(15-3-4-18-19(12-15)29-14-28-18)23-20-5-8-22-25(20)16-6-9-24(10-7-16)13-17-2-1-11-27-17;/h3-5,8,12,16-17H,1-2,6-7,9-11,13-14H2,(H,23,26);1H. The second kappa shape index (κ2) is 9.24. The van der Waals surface area contributed by atoms with E-state index in [1.165, 1.54) is 12.8 Å². The number of aromatic nitrogens is 2. The van der Waals surface area contributed by atoms with Crippen molar-refractivity contribution < 1.29 is 19.0 Å². The zero-order chi connectivity index (χ0) is 19.6. The van der Waals surface area contributed by atoms with Crippen LogP contribution in [0.3, 0.4) is 0 Å². The molecule has 0 bridgehead atoms. The highest BCUT2D eigenvalue weighted by Gasteiger charge is 2.26. The maximum atomic E-state index is 12.7. The second-order valence-corrected chi connectivity index (χ2v) is 7.85. The summed E-state index contributed by atoms with van der Waals surface area (Å²) in [6, 6.07) is 7.36. The quantitative estimate of drug-likeness (QED) is 0.779. The second-order valence-electron chi connectivity index (χ2n) is 7.85. The molecule has 2 aromatic rings. The van der Waals surface area contributed by atoms with Crippen LogP contribution in [-0.4, -0.2) is 59.7 Å². The van der Waals surface area contributed by atoms with Crippen molar-refractivity contribution in [2.75, 3.05) is 38.4 Å². The summed E-state index contributed by atoms with van der Waals surface area (Å²) in [5, 5.41) is 7.48. The number of ether oxygens (including phenoxy) is 3. The molecule has 3 aliphatic rings. The fourth-order valence-corrected chi connectivity index (χ4v) is 4.35. The van der Waals surface area contributed by atoms with Crippen LogP contribution in [0.4, 0.5) is 5.82 Å². The number of nitrogens with one attached hydrogen (secondary N) is 1. The van der Waals surface area contributed by atoms with Crippen molar-refractivity contribution >= 4 is 24.1 Å². The number of hydrogen-bond donors (Lipinski definition) is 1. The molecule has 1 N–H and O–H groups in total. The predicted molar refractivity (Wildman–Crippen MR) is 114 cm³/mol. The number of hydrogen-bond acceptors (Lipinski definition) is 6. The number of halogens is 1. The number of amides is 1. The molecule has 1 amide bonds. The molecule has 2 saturated heterocycles. The third-order valence-corrected chi connectivity index (χ3v) is 5.94. The van der Waals surface area contributed by atoms with E-state index in [0.717, 1.165) is 44.9 Å². The van der Waals surface area contributed by atoms with Gasteiger partial charge in [0.2, 0.25) is 6.79 Å². The van der Waals surface area contributed by atoms with Crippen molar-refractivity contribution in [3.8, 4) is 11.5 Å². The average molecular weight is 435 g/mol. The van der Waals surface area contributed by atoms with Gasteiger partial charge >= 0.3 is 0 Å². The fourth-order valence-electron chi connectivity index (χ4n) is 4.35. The molecule has 0 aliphatic carbocycles. The first-order valence-electron chi connectivity index (χ1n) is 10.3. The smallest absolute Gasteiger partial charge is 0.256 e. The van der Waals surface area contributed by atoms with Crippen LogP contribution in [0.15, 0.2) is 30.5 Å². The molecule has 1 aromatic heterocycles. The lowest BCUT2D eigenvalue weighted by Gasteiger charge is -2.33. The zero-order valence-corrected chi connectivity index (χ0v) is 17.6. The summed E-state index contributed by atoms with van der Waals surface area (Å²) in [4.78, 5) is 15.2. The van der Waals surface area contributed by atoms with Crippen LogP contribution in [0.2, 0.25) is 0 Å². The molecule has 1 aromatic carbocycles. The van der Waals surface area contributed by atoms with Crippen molar-refractivity contribution in [1.29, 1.82) is 0 Å². The molecular formula is C21H27ClN4O4. The van der Waals surface area contributed by atoms with Gasteiger partial charge in [-0.25, -0.2) is 4.68 Å². The summed E-state index contributed by atoms with van der Waals surface area (Å²) in [5.41, 5.74) is 0.536. The average Bonchev–Trinajstić information content (AvgIpc) is 3.50. The van der Waals surface area contributed by atoms with E-state index in [1.54, 1.807) is 24.4 Å². The number of carbonyl (C=O) groups is 1. The first-order chi connectivity index (χ1) is 14.3. The molecule has 0 spiro atoms. The first-order valence-corrected chi connectivity index (χ1v) is 10.3. The van der Waals surface area contributed by atoms with Crippen molar-refractivity contribution in [3.63, 3.8) is 0 Å². The number of rotatable bonds is 5. The summed E-state index contributed by atoms with van der Waals surface area (Å²) in [7, 11) is 0. The lowest BCUT2D eigenvalue weighted by Crippen LogP contribution is -2.39. The Morgan fingerprint density at radius 2 is 1.97 bits per heavy atom. The Balaban J connectivity index is 0.00000218. The van der Waals surface area contributed by atoms with E-state index in [4.69, 9.17) is 14.2 Å². The Labute approximate surface area is 181 Å². The summed E-state index contributed by atoms with van der Waals surface area (Å²) in [6.45, 7) is 4.18. The van der Waals surface area contributed by atoms with Crippen molar-refractivity contribution in [2.45, 2.75) is 37.8 Å². The third kappa shape index (κ3) is 4.40. The first kappa shape index (κ1) is 21.0. The Bertz CT molecular complexity index is 876. The van der Waals surface area contributed by atoms with Crippen LogP contribution in [-0.2, 0) is 4.74 Å². The molecule has 4 heterocycles. The lowest BCUT2D eigenvalue weighted by molar-refractivity contribution is 0.0599. The van der Waals surface area contributed by atoms with Gasteiger partial charge in [0.25, 0.3) is 5.91 Å². The summed E-state index contributed by atoms with van der Waals surface area (Å²) < 4.78 is 18.4. The van der Waals surface area contributed by atoms with Gasteiger partial charge in [-0.05, 0) is 43.9 Å². The molecule has 2 fully saturated rings. The molecule has 5 rings (SSSR count). The number of likely N-dealkylation sites (tertiary alicyclic amines) is 1. The van der Waals surface area contributed by atoms with Gasteiger partial charge in [-0.1, -0.05) is 0 Å². The predicted octanol–water partition coefficient (Wildman–Crippen LogP) is 3.10. The highest BCUT2D eigenvalue weighted by Crippen LogP contribution is 2.33. The minimum absolute atomic E-state index is 0. The van der Waals surface area contributed by atoms with Crippen molar-refractivity contribution in [1.82, 2.24) is 14.7 Å². The van der Waals surface area contributed by atoms with E-state index in [-0.39, 0.29) is 31.1 Å². The molecule has 9 heteroatoms. The molecule has 30 heavy (non-hydrogen) atoms. The van der Waals surface area contributed by atoms with Crippen LogP contribution in [0, 0.1) is 0 Å². The topological polar surface area (TPSA) is 77.9 Å². The van der Waals surface area contributed by atoms with Gasteiger partial charge < -0.3 is 24.4 Å². The summed E-state index contributed by atoms with van der Waals surface area (Å²) in [6.07, 6.45) is 6.53. The van der Waals surface area contributed by atoms with E-state index >= 15 is 0 Å². The minimum Gasteiger partial charge on any atom is -0.454 e. The number of nitrogens with zero attached hydrogens (tertiary/aromatic N) is 3. The number of piperidine rings is 1. The number of anilines is 1. The highest BCUT2D eigenvalue weighted by atomic mass is 35.5. The van der Waals surface area contributed by atoms with E-state index in [2.05, 4.69) is 15.3 Å². The Morgan fingerprint density at radius 1 is 1.13 bits per heavy atom. The van der Waals surface area contributed by atoms with E-state index in [1.807, 2.05) is 10.7 Å². The number of carbonyl (C=O) groups excluding carboxylic acids is 1. The van der Waals surface area contributed by atoms with E-state index in [9.17, 15) is 4.79 Å². The van der Waals surface area contributed by atoms with Gasteiger partial charge in [0.15, 0.2) is 11.5 Å². The number of benzene rings is 1. The van der Waals surface area contributed by atoms with Crippen LogP contribution in [0.1, 0.15) is 42.1 Å². The van der Waals surface area contributed by atoms with Crippen LogP contribution < -0.4 is 14.8 Å². The van der Waals surface area contributed by atoms with Gasteiger partial charge in [0, 0.05) is 37.9 Å². The fraction of sp³-hybridized carbons (Fsp3) is 0.524. The van der Waals surface area contributed by atoms with Gasteiger partial charge in [-0.2, -0.15) is 5.10 Å². The summed E-state index contributed by atoms with van der Waals surface area (Å²) in [5.74, 6) is 1.82. The lowest BCUT2D eigenvalue weighted by atomic mass is 10.0. The monoisotopic (exact) mass is 434 g/mol. The molecule has 1 unspecified atom stereocenters.